The molecular weight excluding hydrogens is 258 g/mol. The Bertz CT molecular complexity index is 471. The quantitative estimate of drug-likeness (QED) is 0.491. The Balaban J connectivity index is 2.02. The van der Waals surface area contributed by atoms with Crippen molar-refractivity contribution in [1.82, 2.24) is 0 Å². The van der Waals surface area contributed by atoms with Crippen LogP contribution >= 0.6 is 0 Å². The van der Waals surface area contributed by atoms with Gasteiger partial charge in [0, 0.05) is 11.6 Å². The Morgan fingerprint density at radius 2 is 2.10 bits per heavy atom. The van der Waals surface area contributed by atoms with Crippen molar-refractivity contribution < 1.29 is 9.66 Å². The van der Waals surface area contributed by atoms with Gasteiger partial charge in [-0.25, -0.2) is 0 Å². The van der Waals surface area contributed by atoms with Crippen LogP contribution in [0.25, 0.3) is 0 Å². The van der Waals surface area contributed by atoms with E-state index in [4.69, 9.17) is 10.6 Å². The van der Waals surface area contributed by atoms with E-state index < -0.39 is 4.92 Å². The second kappa shape index (κ2) is 6.67. The molecule has 1 saturated carbocycles. The largest absolute Gasteiger partial charge is 0.373 e. The number of hydrogen-bond donors (Lipinski definition) is 2. The van der Waals surface area contributed by atoms with Crippen molar-refractivity contribution in [3.8, 4) is 0 Å². The molecule has 0 radical (unpaired) electrons. The fourth-order valence-corrected chi connectivity index (χ4v) is 2.63. The van der Waals surface area contributed by atoms with Crippen molar-refractivity contribution in [2.75, 3.05) is 5.43 Å². The summed E-state index contributed by atoms with van der Waals surface area (Å²) in [5, 5.41) is 10.9. The minimum Gasteiger partial charge on any atom is -0.373 e. The molecule has 0 atom stereocenters. The molecule has 1 aliphatic rings. The Labute approximate surface area is 118 Å². The van der Waals surface area contributed by atoms with E-state index in [1.165, 1.54) is 18.9 Å². The van der Waals surface area contributed by atoms with Crippen molar-refractivity contribution in [1.29, 1.82) is 0 Å². The molecule has 1 aliphatic carbocycles. The molecule has 0 spiro atoms. The first kappa shape index (κ1) is 14.7. The third kappa shape index (κ3) is 3.46. The Kier molecular flexibility index (Phi) is 4.92. The lowest BCUT2D eigenvalue weighted by molar-refractivity contribution is -0.384. The number of hydrogen-bond acceptors (Lipinski definition) is 5. The number of nitro benzene ring substituents is 1. The second-order valence-corrected chi connectivity index (χ2v) is 5.41. The number of nitrogens with one attached hydrogen (secondary N) is 1. The van der Waals surface area contributed by atoms with Gasteiger partial charge in [0.2, 0.25) is 0 Å². The molecule has 1 fully saturated rings. The van der Waals surface area contributed by atoms with Crippen LogP contribution in [0, 0.1) is 16.0 Å². The summed E-state index contributed by atoms with van der Waals surface area (Å²) in [7, 11) is 0. The Morgan fingerprint density at radius 3 is 2.70 bits per heavy atom. The highest BCUT2D eigenvalue weighted by atomic mass is 16.6. The molecule has 0 unspecified atom stereocenters. The maximum atomic E-state index is 10.9. The fourth-order valence-electron chi connectivity index (χ4n) is 2.63. The molecule has 20 heavy (non-hydrogen) atoms. The van der Waals surface area contributed by atoms with Gasteiger partial charge < -0.3 is 10.2 Å². The highest BCUT2D eigenvalue weighted by Crippen LogP contribution is 2.30. The van der Waals surface area contributed by atoms with E-state index in [1.54, 1.807) is 12.1 Å². The van der Waals surface area contributed by atoms with Gasteiger partial charge >= 0.3 is 0 Å². The van der Waals surface area contributed by atoms with Gasteiger partial charge in [-0.2, -0.15) is 0 Å². The molecule has 3 N–H and O–H groups in total. The molecule has 0 aliphatic heterocycles. The molecule has 0 heterocycles. The van der Waals surface area contributed by atoms with Crippen LogP contribution in [0.15, 0.2) is 18.2 Å². The number of hydrazine groups is 1. The lowest BCUT2D eigenvalue weighted by Gasteiger charge is -2.26. The van der Waals surface area contributed by atoms with Gasteiger partial charge in [-0.15, -0.1) is 0 Å². The number of nitrogens with two attached hydrogens (primary N) is 1. The maximum Gasteiger partial charge on any atom is 0.294 e. The van der Waals surface area contributed by atoms with Crippen LogP contribution in [0.5, 0.6) is 0 Å². The van der Waals surface area contributed by atoms with Crippen molar-refractivity contribution in [3.05, 3.63) is 33.9 Å². The lowest BCUT2D eigenvalue weighted by atomic mass is 9.89. The Morgan fingerprint density at radius 1 is 1.40 bits per heavy atom. The van der Waals surface area contributed by atoms with Crippen molar-refractivity contribution in [2.24, 2.45) is 11.8 Å². The molecule has 1 aromatic rings. The zero-order valence-electron chi connectivity index (χ0n) is 11.7. The number of rotatable bonds is 5. The number of nitrogen functional groups attached to an aromatic ring is 1. The molecule has 1 aromatic carbocycles. The first-order chi connectivity index (χ1) is 9.61. The SMILES string of the molecule is CC1CCC(OCc2cccc([N+](=O)[O-])c2NN)CC1. The first-order valence-electron chi connectivity index (χ1n) is 6.96. The van der Waals surface area contributed by atoms with Gasteiger partial charge in [-0.1, -0.05) is 19.1 Å². The summed E-state index contributed by atoms with van der Waals surface area (Å²) < 4.78 is 5.88. The topological polar surface area (TPSA) is 90.4 Å². The van der Waals surface area contributed by atoms with Crippen LogP contribution in [0.3, 0.4) is 0 Å². The van der Waals surface area contributed by atoms with Crippen LogP contribution < -0.4 is 11.3 Å². The maximum absolute atomic E-state index is 10.9. The summed E-state index contributed by atoms with van der Waals surface area (Å²) in [5.41, 5.74) is 3.45. The number of para-hydroxylation sites is 1. The third-order valence-electron chi connectivity index (χ3n) is 3.91. The highest BCUT2D eigenvalue weighted by molar-refractivity contribution is 5.65. The zero-order chi connectivity index (χ0) is 14.5. The molecule has 6 nitrogen and oxygen atoms in total. The van der Waals surface area contributed by atoms with Crippen molar-refractivity contribution in [2.45, 2.75) is 45.3 Å². The molecule has 6 heteroatoms. The van der Waals surface area contributed by atoms with Gasteiger partial charge in [-0.3, -0.25) is 16.0 Å². The molecule has 0 saturated heterocycles. The summed E-state index contributed by atoms with van der Waals surface area (Å²) >= 11 is 0. The predicted molar refractivity (Wildman–Crippen MR) is 77.1 cm³/mol. The second-order valence-electron chi connectivity index (χ2n) is 5.41. The summed E-state index contributed by atoms with van der Waals surface area (Å²) in [6.45, 7) is 2.60. The smallest absolute Gasteiger partial charge is 0.294 e. The van der Waals surface area contributed by atoms with Gasteiger partial charge in [0.05, 0.1) is 17.6 Å². The van der Waals surface area contributed by atoms with Gasteiger partial charge in [-0.05, 0) is 31.6 Å². The van der Waals surface area contributed by atoms with Gasteiger partial charge in [0.15, 0.2) is 0 Å². The average molecular weight is 279 g/mol. The van der Waals surface area contributed by atoms with E-state index in [2.05, 4.69) is 12.3 Å². The van der Waals surface area contributed by atoms with Gasteiger partial charge in [0.25, 0.3) is 5.69 Å². The number of anilines is 1. The molecule has 110 valence electrons. The minimum absolute atomic E-state index is 0.0223. The number of nitrogens with zero attached hydrogens (tertiary/aromatic N) is 1. The predicted octanol–water partition coefficient (Wildman–Crippen LogP) is 2.98. The average Bonchev–Trinajstić information content (AvgIpc) is 2.46. The zero-order valence-corrected chi connectivity index (χ0v) is 11.7. The van der Waals surface area contributed by atoms with Crippen LogP contribution in [0.1, 0.15) is 38.2 Å². The lowest BCUT2D eigenvalue weighted by Crippen LogP contribution is -2.21. The third-order valence-corrected chi connectivity index (χ3v) is 3.91. The number of benzene rings is 1. The molecule has 2 rings (SSSR count). The molecular formula is C14H21N3O3. The van der Waals surface area contributed by atoms with E-state index in [-0.39, 0.29) is 11.8 Å². The highest BCUT2D eigenvalue weighted by Gasteiger charge is 2.21. The fraction of sp³-hybridized carbons (Fsp3) is 0.571. The van der Waals surface area contributed by atoms with Crippen LogP contribution in [-0.4, -0.2) is 11.0 Å². The summed E-state index contributed by atoms with van der Waals surface area (Å²) in [6.07, 6.45) is 4.72. The first-order valence-corrected chi connectivity index (χ1v) is 6.96. The summed E-state index contributed by atoms with van der Waals surface area (Å²) in [4.78, 5) is 10.5. The van der Waals surface area contributed by atoms with Crippen molar-refractivity contribution in [3.63, 3.8) is 0 Å². The minimum atomic E-state index is -0.443. The van der Waals surface area contributed by atoms with Crippen LogP contribution in [-0.2, 0) is 11.3 Å². The monoisotopic (exact) mass is 279 g/mol. The number of nitro groups is 1. The summed E-state index contributed by atoms with van der Waals surface area (Å²) in [5.74, 6) is 6.18. The molecule has 0 bridgehead atoms. The van der Waals surface area contributed by atoms with Crippen LogP contribution in [0.4, 0.5) is 11.4 Å². The standard InChI is InChI=1S/C14H21N3O3/c1-10-5-7-12(8-6-10)20-9-11-3-2-4-13(17(18)19)14(11)16-15/h2-4,10,12,16H,5-9,15H2,1H3. The van der Waals surface area contributed by atoms with E-state index in [0.717, 1.165) is 24.3 Å². The van der Waals surface area contributed by atoms with E-state index in [0.29, 0.717) is 12.3 Å². The number of ether oxygens (including phenoxy) is 1. The van der Waals surface area contributed by atoms with E-state index in [9.17, 15) is 10.1 Å². The van der Waals surface area contributed by atoms with Gasteiger partial charge in [0.1, 0.15) is 5.69 Å². The van der Waals surface area contributed by atoms with Crippen LogP contribution in [0.2, 0.25) is 0 Å². The van der Waals surface area contributed by atoms with E-state index in [1.807, 2.05) is 0 Å². The molecule has 0 aromatic heterocycles. The summed E-state index contributed by atoms with van der Waals surface area (Å²) in [6, 6.07) is 4.88. The normalized spacial score (nSPS) is 22.5. The van der Waals surface area contributed by atoms with Crippen molar-refractivity contribution >= 4 is 11.4 Å². The van der Waals surface area contributed by atoms with E-state index >= 15 is 0 Å². The molecule has 0 amide bonds. The Hall–Kier alpha value is -1.66.